The van der Waals surface area contributed by atoms with E-state index < -0.39 is 11.7 Å². The highest BCUT2D eigenvalue weighted by atomic mass is 19.4. The molecule has 0 bridgehead atoms. The van der Waals surface area contributed by atoms with Crippen LogP contribution in [0, 0.1) is 6.92 Å². The van der Waals surface area contributed by atoms with Gasteiger partial charge in [0.2, 0.25) is 0 Å². The monoisotopic (exact) mass is 472 g/mol. The normalized spacial score (nSPS) is 15.8. The van der Waals surface area contributed by atoms with E-state index in [1.54, 1.807) is 6.92 Å². The Morgan fingerprint density at radius 3 is 2.56 bits per heavy atom. The first-order valence-corrected chi connectivity index (χ1v) is 10.9. The van der Waals surface area contributed by atoms with Gasteiger partial charge >= 0.3 is 6.18 Å². The van der Waals surface area contributed by atoms with Crippen LogP contribution in [0.4, 0.5) is 24.7 Å². The molecule has 10 heteroatoms. The quantitative estimate of drug-likeness (QED) is 0.531. The maximum absolute atomic E-state index is 13.2. The zero-order valence-corrected chi connectivity index (χ0v) is 18.5. The lowest BCUT2D eigenvalue weighted by molar-refractivity contribution is -0.137. The Bertz CT molecular complexity index is 1290. The van der Waals surface area contributed by atoms with Crippen molar-refractivity contribution in [3.8, 4) is 11.5 Å². The number of alkyl halides is 3. The van der Waals surface area contributed by atoms with E-state index >= 15 is 0 Å². The maximum atomic E-state index is 13.2. The van der Waals surface area contributed by atoms with Crippen molar-refractivity contribution in [2.75, 3.05) is 37.5 Å². The Labute approximate surface area is 193 Å². The van der Waals surface area contributed by atoms with Gasteiger partial charge in [0.15, 0.2) is 11.5 Å². The standard InChI is InChI=1S/C24H23F3N4O3/c1-13-30-20-19(11-18(15-2-4-32-5-3-15)21-22(20)34-7-6-33-21)23(31-13)29-12-14-8-16(24(25,26)27)10-17(28)9-14/h2,8-11H,3-7,12,28H2,1H3,(H,29,30,31). The molecule has 2 aromatic carbocycles. The molecule has 2 aliphatic rings. The van der Waals surface area contributed by atoms with Gasteiger partial charge in [-0.3, -0.25) is 0 Å². The van der Waals surface area contributed by atoms with Gasteiger partial charge in [0, 0.05) is 23.2 Å². The van der Waals surface area contributed by atoms with Crippen LogP contribution in [0.2, 0.25) is 0 Å². The third kappa shape index (κ3) is 4.33. The average molecular weight is 472 g/mol. The number of fused-ring (bicyclic) bond motifs is 3. The van der Waals surface area contributed by atoms with Crippen molar-refractivity contribution < 1.29 is 27.4 Å². The summed E-state index contributed by atoms with van der Waals surface area (Å²) in [5, 5.41) is 3.86. The van der Waals surface area contributed by atoms with E-state index in [9.17, 15) is 13.2 Å². The van der Waals surface area contributed by atoms with Crippen molar-refractivity contribution >= 4 is 28.0 Å². The number of aromatic nitrogens is 2. The zero-order chi connectivity index (χ0) is 23.9. The molecule has 3 N–H and O–H groups in total. The van der Waals surface area contributed by atoms with Crippen LogP contribution in [0.1, 0.15) is 28.9 Å². The van der Waals surface area contributed by atoms with Gasteiger partial charge in [-0.05, 0) is 48.7 Å². The number of hydrogen-bond acceptors (Lipinski definition) is 7. The van der Waals surface area contributed by atoms with E-state index in [4.69, 9.17) is 19.9 Å². The fourth-order valence-corrected chi connectivity index (χ4v) is 4.21. The Morgan fingerprint density at radius 1 is 1.03 bits per heavy atom. The second-order valence-corrected chi connectivity index (χ2v) is 8.16. The first-order valence-electron chi connectivity index (χ1n) is 10.9. The van der Waals surface area contributed by atoms with Crippen LogP contribution in [0.25, 0.3) is 16.5 Å². The van der Waals surface area contributed by atoms with Gasteiger partial charge in [-0.1, -0.05) is 6.08 Å². The lowest BCUT2D eigenvalue weighted by Crippen LogP contribution is -2.18. The fraction of sp³-hybridized carbons (Fsp3) is 0.333. The number of halogens is 3. The number of anilines is 2. The summed E-state index contributed by atoms with van der Waals surface area (Å²) < 4.78 is 57.0. The molecule has 0 saturated carbocycles. The minimum absolute atomic E-state index is 0.0451. The maximum Gasteiger partial charge on any atom is 0.416 e. The summed E-state index contributed by atoms with van der Waals surface area (Å²) in [5.74, 6) is 2.17. The Balaban J connectivity index is 1.58. The molecule has 0 saturated heterocycles. The smallest absolute Gasteiger partial charge is 0.416 e. The molecular weight excluding hydrogens is 449 g/mol. The van der Waals surface area contributed by atoms with E-state index in [0.29, 0.717) is 66.0 Å². The topological polar surface area (TPSA) is 91.5 Å². The number of nitrogens with zero attached hydrogens (tertiary/aromatic N) is 2. The minimum atomic E-state index is -4.48. The van der Waals surface area contributed by atoms with Crippen LogP contribution >= 0.6 is 0 Å². The molecule has 0 aliphatic carbocycles. The summed E-state index contributed by atoms with van der Waals surface area (Å²) in [5.41, 5.74) is 7.91. The molecule has 0 atom stereocenters. The number of benzene rings is 2. The number of nitrogens with one attached hydrogen (secondary N) is 1. The molecule has 1 aromatic heterocycles. The average Bonchev–Trinajstić information content (AvgIpc) is 2.82. The number of aryl methyl sites for hydroxylation is 1. The van der Waals surface area contributed by atoms with Gasteiger partial charge in [-0.25, -0.2) is 9.97 Å². The highest BCUT2D eigenvalue weighted by molar-refractivity contribution is 5.99. The molecule has 0 radical (unpaired) electrons. The van der Waals surface area contributed by atoms with E-state index in [1.807, 2.05) is 12.1 Å². The van der Waals surface area contributed by atoms with Crippen LogP contribution in [-0.2, 0) is 17.5 Å². The first kappa shape index (κ1) is 22.3. The molecule has 0 fully saturated rings. The van der Waals surface area contributed by atoms with E-state index in [-0.39, 0.29) is 12.2 Å². The molecular formula is C24H23F3N4O3. The zero-order valence-electron chi connectivity index (χ0n) is 18.5. The van der Waals surface area contributed by atoms with Crippen molar-refractivity contribution in [3.05, 3.63) is 52.9 Å². The van der Waals surface area contributed by atoms with E-state index in [0.717, 1.165) is 29.7 Å². The highest BCUT2D eigenvalue weighted by Gasteiger charge is 2.31. The molecule has 0 unspecified atom stereocenters. The number of nitrogen functional groups attached to an aromatic ring is 1. The second kappa shape index (κ2) is 8.68. The van der Waals surface area contributed by atoms with Crippen LogP contribution < -0.4 is 20.5 Å². The molecule has 2 aliphatic heterocycles. The second-order valence-electron chi connectivity index (χ2n) is 8.16. The molecule has 178 valence electrons. The Kier molecular flexibility index (Phi) is 5.68. The van der Waals surface area contributed by atoms with Crippen LogP contribution in [0.15, 0.2) is 30.3 Å². The number of rotatable bonds is 4. The van der Waals surface area contributed by atoms with Crippen molar-refractivity contribution in [1.29, 1.82) is 0 Å². The van der Waals surface area contributed by atoms with Gasteiger partial charge in [-0.2, -0.15) is 13.2 Å². The van der Waals surface area contributed by atoms with Crippen molar-refractivity contribution in [2.45, 2.75) is 26.1 Å². The summed E-state index contributed by atoms with van der Waals surface area (Å²) in [6, 6.07) is 5.46. The van der Waals surface area contributed by atoms with E-state index in [2.05, 4.69) is 15.3 Å². The molecule has 5 rings (SSSR count). The third-order valence-electron chi connectivity index (χ3n) is 5.70. The molecule has 0 spiro atoms. The molecule has 3 heterocycles. The number of ether oxygens (including phenoxy) is 3. The van der Waals surface area contributed by atoms with Crippen LogP contribution in [0.5, 0.6) is 11.5 Å². The van der Waals surface area contributed by atoms with Crippen molar-refractivity contribution in [2.24, 2.45) is 0 Å². The summed E-state index contributed by atoms with van der Waals surface area (Å²) in [6.07, 6.45) is -1.75. The number of hydrogen-bond donors (Lipinski definition) is 2. The molecule has 34 heavy (non-hydrogen) atoms. The highest BCUT2D eigenvalue weighted by Crippen LogP contribution is 2.45. The summed E-state index contributed by atoms with van der Waals surface area (Å²) >= 11 is 0. The molecule has 0 amide bonds. The van der Waals surface area contributed by atoms with Crippen molar-refractivity contribution in [3.63, 3.8) is 0 Å². The lowest BCUT2D eigenvalue weighted by Gasteiger charge is -2.25. The SMILES string of the molecule is Cc1nc(NCc2cc(N)cc(C(F)(F)F)c2)c2cc(C3=CCOCC3)c3c(c2n1)OCCO3. The summed E-state index contributed by atoms with van der Waals surface area (Å²) in [7, 11) is 0. The Hall–Kier alpha value is -3.53. The minimum Gasteiger partial charge on any atom is -0.485 e. The predicted octanol–water partition coefficient (Wildman–Crippen LogP) is 4.73. The van der Waals surface area contributed by atoms with Gasteiger partial charge in [-0.15, -0.1) is 0 Å². The third-order valence-corrected chi connectivity index (χ3v) is 5.70. The van der Waals surface area contributed by atoms with Crippen molar-refractivity contribution in [1.82, 2.24) is 9.97 Å². The summed E-state index contributed by atoms with van der Waals surface area (Å²) in [6.45, 7) is 3.78. The Morgan fingerprint density at radius 2 is 1.82 bits per heavy atom. The largest absolute Gasteiger partial charge is 0.485 e. The lowest BCUT2D eigenvalue weighted by atomic mass is 9.97. The predicted molar refractivity (Wildman–Crippen MR) is 122 cm³/mol. The van der Waals surface area contributed by atoms with Crippen LogP contribution in [-0.4, -0.2) is 36.4 Å². The van der Waals surface area contributed by atoms with Crippen LogP contribution in [0.3, 0.4) is 0 Å². The molecule has 7 nitrogen and oxygen atoms in total. The van der Waals surface area contributed by atoms with Gasteiger partial charge in [0.1, 0.15) is 30.4 Å². The van der Waals surface area contributed by atoms with Gasteiger partial charge < -0.3 is 25.3 Å². The first-order chi connectivity index (χ1) is 16.3. The van der Waals surface area contributed by atoms with E-state index in [1.165, 1.54) is 6.07 Å². The fourth-order valence-electron chi connectivity index (χ4n) is 4.21. The number of nitrogens with two attached hydrogens (primary N) is 1. The van der Waals surface area contributed by atoms with Gasteiger partial charge in [0.25, 0.3) is 0 Å². The molecule has 3 aromatic rings. The summed E-state index contributed by atoms with van der Waals surface area (Å²) in [4.78, 5) is 9.11. The van der Waals surface area contributed by atoms with Gasteiger partial charge in [0.05, 0.1) is 18.8 Å².